The summed E-state index contributed by atoms with van der Waals surface area (Å²) in [4.78, 5) is 14.3. The van der Waals surface area contributed by atoms with Crippen LogP contribution in [0.5, 0.6) is 0 Å². The Kier molecular flexibility index (Phi) is 2.09. The number of pyridine rings is 1. The van der Waals surface area contributed by atoms with Gasteiger partial charge in [-0.05, 0) is 11.0 Å². The summed E-state index contributed by atoms with van der Waals surface area (Å²) >= 11 is 5.58. The van der Waals surface area contributed by atoms with Gasteiger partial charge >= 0.3 is 5.82 Å². The van der Waals surface area contributed by atoms with Crippen molar-refractivity contribution in [2.75, 3.05) is 0 Å². The van der Waals surface area contributed by atoms with Crippen LogP contribution in [0.2, 0.25) is 0 Å². The predicted octanol–water partition coefficient (Wildman–Crippen LogP) is 1.98. The highest BCUT2D eigenvalue weighted by Crippen LogP contribution is 2.15. The van der Waals surface area contributed by atoms with Gasteiger partial charge in [0, 0.05) is 12.1 Å². The van der Waals surface area contributed by atoms with Gasteiger partial charge in [0.2, 0.25) is 5.65 Å². The van der Waals surface area contributed by atoms with Crippen LogP contribution < -0.4 is 0 Å². The standard InChI is InChI=1S/C8H6ClN3O2/c9-4-6-5-11-7(10-6)2-1-3-8(11)12(13)14/h1-3,5H,4H2. The Labute approximate surface area is 84.1 Å². The molecular weight excluding hydrogens is 206 g/mol. The van der Waals surface area contributed by atoms with Crippen molar-refractivity contribution >= 4 is 23.1 Å². The molecule has 0 N–H and O–H groups in total. The van der Waals surface area contributed by atoms with E-state index in [0.717, 1.165) is 0 Å². The molecule has 2 aromatic rings. The second-order valence-corrected chi connectivity index (χ2v) is 3.00. The Morgan fingerprint density at radius 3 is 3.00 bits per heavy atom. The van der Waals surface area contributed by atoms with E-state index in [-0.39, 0.29) is 11.7 Å². The molecule has 5 nitrogen and oxygen atoms in total. The van der Waals surface area contributed by atoms with Gasteiger partial charge in [0.15, 0.2) is 0 Å². The third-order valence-corrected chi connectivity index (χ3v) is 2.12. The second kappa shape index (κ2) is 3.26. The van der Waals surface area contributed by atoms with E-state index in [1.165, 1.54) is 10.5 Å². The fraction of sp³-hybridized carbons (Fsp3) is 0.125. The lowest BCUT2D eigenvalue weighted by Crippen LogP contribution is -1.95. The highest BCUT2D eigenvalue weighted by Gasteiger charge is 2.12. The normalized spacial score (nSPS) is 10.6. The Hall–Kier alpha value is -1.62. The third kappa shape index (κ3) is 1.31. The van der Waals surface area contributed by atoms with Crippen LogP contribution >= 0.6 is 11.6 Å². The van der Waals surface area contributed by atoms with Crippen molar-refractivity contribution in [2.24, 2.45) is 0 Å². The first-order chi connectivity index (χ1) is 6.72. The molecule has 2 rings (SSSR count). The van der Waals surface area contributed by atoms with Gasteiger partial charge < -0.3 is 10.1 Å². The fourth-order valence-corrected chi connectivity index (χ4v) is 1.39. The molecule has 0 radical (unpaired) electrons. The van der Waals surface area contributed by atoms with E-state index in [4.69, 9.17) is 11.6 Å². The van der Waals surface area contributed by atoms with E-state index in [2.05, 4.69) is 4.98 Å². The van der Waals surface area contributed by atoms with E-state index < -0.39 is 4.92 Å². The van der Waals surface area contributed by atoms with Gasteiger partial charge in [-0.3, -0.25) is 0 Å². The molecule has 0 aliphatic carbocycles. The van der Waals surface area contributed by atoms with Crippen LogP contribution in [0.1, 0.15) is 5.69 Å². The zero-order valence-corrected chi connectivity index (χ0v) is 7.81. The number of hydrogen-bond donors (Lipinski definition) is 0. The molecule has 0 aliphatic heterocycles. The van der Waals surface area contributed by atoms with Gasteiger partial charge in [0.05, 0.1) is 11.6 Å². The third-order valence-electron chi connectivity index (χ3n) is 1.84. The molecule has 0 fully saturated rings. The number of alkyl halides is 1. The number of nitrogens with zero attached hydrogens (tertiary/aromatic N) is 3. The van der Waals surface area contributed by atoms with E-state index in [1.54, 1.807) is 18.3 Å². The summed E-state index contributed by atoms with van der Waals surface area (Å²) < 4.78 is 1.41. The molecule has 0 bridgehead atoms. The lowest BCUT2D eigenvalue weighted by molar-refractivity contribution is -0.390. The summed E-state index contributed by atoms with van der Waals surface area (Å²) in [5.41, 5.74) is 1.16. The Balaban J connectivity index is 2.73. The van der Waals surface area contributed by atoms with Gasteiger partial charge in [-0.2, -0.15) is 4.40 Å². The van der Waals surface area contributed by atoms with Gasteiger partial charge in [-0.15, -0.1) is 11.6 Å². The van der Waals surface area contributed by atoms with E-state index in [1.807, 2.05) is 0 Å². The van der Waals surface area contributed by atoms with Crippen LogP contribution in [0.3, 0.4) is 0 Å². The molecule has 0 saturated carbocycles. The highest BCUT2D eigenvalue weighted by atomic mass is 35.5. The van der Waals surface area contributed by atoms with Gasteiger partial charge in [0.25, 0.3) is 0 Å². The van der Waals surface area contributed by atoms with Crippen LogP contribution in [0, 0.1) is 10.1 Å². The molecule has 72 valence electrons. The average molecular weight is 212 g/mol. The quantitative estimate of drug-likeness (QED) is 0.434. The monoisotopic (exact) mass is 211 g/mol. The number of aromatic nitrogens is 2. The zero-order valence-electron chi connectivity index (χ0n) is 7.05. The van der Waals surface area contributed by atoms with Crippen LogP contribution in [0.15, 0.2) is 24.4 Å². The molecule has 0 amide bonds. The summed E-state index contributed by atoms with van der Waals surface area (Å²) in [5.74, 6) is 0.241. The molecule has 2 aromatic heterocycles. The van der Waals surface area contributed by atoms with Crippen molar-refractivity contribution < 1.29 is 4.92 Å². The van der Waals surface area contributed by atoms with E-state index in [0.29, 0.717) is 11.3 Å². The Morgan fingerprint density at radius 2 is 2.36 bits per heavy atom. The largest absolute Gasteiger partial charge is 0.358 e. The SMILES string of the molecule is O=[N+]([O-])c1cccc2nc(CCl)cn12. The molecule has 0 aromatic carbocycles. The number of hydrogen-bond acceptors (Lipinski definition) is 3. The van der Waals surface area contributed by atoms with Crippen molar-refractivity contribution in [3.8, 4) is 0 Å². The molecule has 2 heterocycles. The molecule has 0 saturated heterocycles. The topological polar surface area (TPSA) is 60.4 Å². The number of imidazole rings is 1. The number of halogens is 1. The fourth-order valence-electron chi connectivity index (χ4n) is 1.26. The summed E-state index contributed by atoms with van der Waals surface area (Å²) in [7, 11) is 0. The maximum atomic E-state index is 10.6. The van der Waals surface area contributed by atoms with Crippen molar-refractivity contribution in [1.29, 1.82) is 0 Å². The number of fused-ring (bicyclic) bond motifs is 1. The van der Waals surface area contributed by atoms with Gasteiger partial charge in [-0.25, -0.2) is 4.98 Å². The number of nitro groups is 1. The van der Waals surface area contributed by atoms with Crippen molar-refractivity contribution in [3.63, 3.8) is 0 Å². The summed E-state index contributed by atoms with van der Waals surface area (Å²) in [6.07, 6.45) is 1.57. The smallest absolute Gasteiger partial charge is 0.329 e. The average Bonchev–Trinajstić information content (AvgIpc) is 2.59. The Bertz CT molecular complexity index is 494. The Morgan fingerprint density at radius 1 is 1.57 bits per heavy atom. The van der Waals surface area contributed by atoms with Crippen LogP contribution in [0.4, 0.5) is 5.82 Å². The van der Waals surface area contributed by atoms with Crippen molar-refractivity contribution in [3.05, 3.63) is 40.2 Å². The second-order valence-electron chi connectivity index (χ2n) is 2.74. The van der Waals surface area contributed by atoms with Crippen LogP contribution in [-0.4, -0.2) is 14.3 Å². The highest BCUT2D eigenvalue weighted by molar-refractivity contribution is 6.16. The lowest BCUT2D eigenvalue weighted by atomic mass is 10.4. The van der Waals surface area contributed by atoms with Crippen LogP contribution in [0.25, 0.3) is 5.65 Å². The molecule has 14 heavy (non-hydrogen) atoms. The lowest BCUT2D eigenvalue weighted by Gasteiger charge is -1.94. The maximum Gasteiger partial charge on any atom is 0.329 e. The first-order valence-electron chi connectivity index (χ1n) is 3.89. The summed E-state index contributed by atoms with van der Waals surface area (Å²) in [6, 6.07) is 4.72. The zero-order chi connectivity index (χ0) is 10.1. The molecule has 0 unspecified atom stereocenters. The molecule has 0 spiro atoms. The summed E-state index contributed by atoms with van der Waals surface area (Å²) in [6.45, 7) is 0. The molecular formula is C8H6ClN3O2. The van der Waals surface area contributed by atoms with Gasteiger partial charge in [-0.1, -0.05) is 0 Å². The van der Waals surface area contributed by atoms with Gasteiger partial charge in [0.1, 0.15) is 6.20 Å². The number of rotatable bonds is 2. The van der Waals surface area contributed by atoms with E-state index >= 15 is 0 Å². The minimum absolute atomic E-state index is 0.00799. The van der Waals surface area contributed by atoms with Crippen molar-refractivity contribution in [1.82, 2.24) is 9.38 Å². The summed E-state index contributed by atoms with van der Waals surface area (Å²) in [5, 5.41) is 10.6. The van der Waals surface area contributed by atoms with Crippen molar-refractivity contribution in [2.45, 2.75) is 5.88 Å². The predicted molar refractivity (Wildman–Crippen MR) is 51.4 cm³/mol. The minimum atomic E-state index is -0.452. The maximum absolute atomic E-state index is 10.6. The molecule has 0 aliphatic rings. The molecule has 0 atom stereocenters. The van der Waals surface area contributed by atoms with E-state index in [9.17, 15) is 10.1 Å². The minimum Gasteiger partial charge on any atom is -0.358 e. The first kappa shape index (κ1) is 8.96. The first-order valence-corrected chi connectivity index (χ1v) is 4.43. The van der Waals surface area contributed by atoms with Crippen LogP contribution in [-0.2, 0) is 5.88 Å². The molecule has 6 heteroatoms.